The van der Waals surface area contributed by atoms with Gasteiger partial charge >= 0.3 is 5.69 Å². The standard InChI is InChI=1S/C13H17N3O3/c17-11-3-1-2-10-12(11)14-13(18)16(10)5-4-15-6-8-19-9-7-15/h1-3,17H,4-9H2,(H,14,18). The first-order chi connectivity index (χ1) is 9.25. The van der Waals surface area contributed by atoms with E-state index in [0.29, 0.717) is 12.1 Å². The van der Waals surface area contributed by atoms with E-state index >= 15 is 0 Å². The Morgan fingerprint density at radius 3 is 2.84 bits per heavy atom. The molecule has 0 aliphatic carbocycles. The number of ether oxygens (including phenoxy) is 1. The summed E-state index contributed by atoms with van der Waals surface area (Å²) < 4.78 is 6.97. The Hall–Kier alpha value is -1.79. The first-order valence-corrected chi connectivity index (χ1v) is 6.46. The molecule has 1 fully saturated rings. The van der Waals surface area contributed by atoms with Gasteiger partial charge in [0.15, 0.2) is 0 Å². The molecule has 0 saturated carbocycles. The molecule has 1 aromatic carbocycles. The van der Waals surface area contributed by atoms with E-state index in [9.17, 15) is 9.90 Å². The third-order valence-corrected chi connectivity index (χ3v) is 3.53. The molecule has 2 N–H and O–H groups in total. The highest BCUT2D eigenvalue weighted by Gasteiger charge is 2.13. The number of hydrogen-bond donors (Lipinski definition) is 2. The van der Waals surface area contributed by atoms with Crippen molar-refractivity contribution >= 4 is 11.0 Å². The molecule has 2 aromatic rings. The largest absolute Gasteiger partial charge is 0.506 e. The van der Waals surface area contributed by atoms with Crippen LogP contribution in [-0.2, 0) is 11.3 Å². The Labute approximate surface area is 110 Å². The van der Waals surface area contributed by atoms with Crippen LogP contribution in [0.2, 0.25) is 0 Å². The number of fused-ring (bicyclic) bond motifs is 1. The number of H-pyrrole nitrogens is 1. The lowest BCUT2D eigenvalue weighted by Crippen LogP contribution is -2.39. The van der Waals surface area contributed by atoms with Crippen LogP contribution >= 0.6 is 0 Å². The number of aromatic hydroxyl groups is 1. The van der Waals surface area contributed by atoms with Gasteiger partial charge in [-0.1, -0.05) is 6.07 Å². The summed E-state index contributed by atoms with van der Waals surface area (Å²) in [6, 6.07) is 5.16. The Morgan fingerprint density at radius 2 is 2.05 bits per heavy atom. The molecular weight excluding hydrogens is 246 g/mol. The molecule has 19 heavy (non-hydrogen) atoms. The van der Waals surface area contributed by atoms with Crippen LogP contribution in [0.1, 0.15) is 0 Å². The van der Waals surface area contributed by atoms with Crippen molar-refractivity contribution in [3.63, 3.8) is 0 Å². The molecule has 3 rings (SSSR count). The van der Waals surface area contributed by atoms with Crippen molar-refractivity contribution in [2.45, 2.75) is 6.54 Å². The molecule has 0 radical (unpaired) electrons. The second-order valence-corrected chi connectivity index (χ2v) is 4.71. The summed E-state index contributed by atoms with van der Waals surface area (Å²) in [6.45, 7) is 4.74. The van der Waals surface area contributed by atoms with Gasteiger partial charge in [-0.15, -0.1) is 0 Å². The van der Waals surface area contributed by atoms with Gasteiger partial charge in [0.25, 0.3) is 0 Å². The van der Waals surface area contributed by atoms with Gasteiger partial charge in [-0.05, 0) is 12.1 Å². The minimum absolute atomic E-state index is 0.111. The first-order valence-electron chi connectivity index (χ1n) is 6.46. The zero-order chi connectivity index (χ0) is 13.2. The van der Waals surface area contributed by atoms with Crippen LogP contribution in [-0.4, -0.2) is 52.4 Å². The lowest BCUT2D eigenvalue weighted by molar-refractivity contribution is 0.0364. The molecule has 6 heteroatoms. The molecule has 0 unspecified atom stereocenters. The van der Waals surface area contributed by atoms with Gasteiger partial charge in [-0.25, -0.2) is 4.79 Å². The Bertz CT molecular complexity index is 626. The monoisotopic (exact) mass is 263 g/mol. The van der Waals surface area contributed by atoms with E-state index < -0.39 is 0 Å². The number of nitrogens with zero attached hydrogens (tertiary/aromatic N) is 2. The minimum atomic E-state index is -0.176. The fourth-order valence-corrected chi connectivity index (χ4v) is 2.45. The molecule has 0 amide bonds. The third kappa shape index (κ3) is 2.36. The predicted molar refractivity (Wildman–Crippen MR) is 71.5 cm³/mol. The van der Waals surface area contributed by atoms with Crippen LogP contribution in [0.25, 0.3) is 11.0 Å². The SMILES string of the molecule is O=c1[nH]c2c(O)cccc2n1CCN1CCOCC1. The second-order valence-electron chi connectivity index (χ2n) is 4.71. The van der Waals surface area contributed by atoms with Gasteiger partial charge in [0.2, 0.25) is 0 Å². The zero-order valence-corrected chi connectivity index (χ0v) is 10.6. The van der Waals surface area contributed by atoms with Gasteiger partial charge in [0.1, 0.15) is 11.3 Å². The first kappa shape index (κ1) is 12.3. The summed E-state index contributed by atoms with van der Waals surface area (Å²) >= 11 is 0. The van der Waals surface area contributed by atoms with Crippen molar-refractivity contribution in [2.24, 2.45) is 0 Å². The number of phenols is 1. The van der Waals surface area contributed by atoms with E-state index in [2.05, 4.69) is 9.88 Å². The molecule has 0 bridgehead atoms. The highest BCUT2D eigenvalue weighted by atomic mass is 16.5. The molecular formula is C13H17N3O3. The van der Waals surface area contributed by atoms with E-state index in [1.54, 1.807) is 16.7 Å². The van der Waals surface area contributed by atoms with Crippen molar-refractivity contribution in [1.29, 1.82) is 0 Å². The molecule has 1 saturated heterocycles. The summed E-state index contributed by atoms with van der Waals surface area (Å²) in [7, 11) is 0. The summed E-state index contributed by atoms with van der Waals surface area (Å²) in [6.07, 6.45) is 0. The molecule has 0 spiro atoms. The second kappa shape index (κ2) is 5.07. The number of morpholine rings is 1. The van der Waals surface area contributed by atoms with Crippen LogP contribution in [0, 0.1) is 0 Å². The van der Waals surface area contributed by atoms with Gasteiger partial charge in [0, 0.05) is 26.2 Å². The van der Waals surface area contributed by atoms with Gasteiger partial charge in [0.05, 0.1) is 18.7 Å². The van der Waals surface area contributed by atoms with Crippen molar-refractivity contribution in [3.8, 4) is 5.75 Å². The number of aromatic nitrogens is 2. The number of nitrogens with one attached hydrogen (secondary N) is 1. The van der Waals surface area contributed by atoms with Crippen molar-refractivity contribution in [3.05, 3.63) is 28.7 Å². The lowest BCUT2D eigenvalue weighted by atomic mass is 10.3. The van der Waals surface area contributed by atoms with Gasteiger partial charge < -0.3 is 14.8 Å². The van der Waals surface area contributed by atoms with Crippen LogP contribution in [0.4, 0.5) is 0 Å². The van der Waals surface area contributed by atoms with Gasteiger partial charge in [-0.2, -0.15) is 0 Å². The topological polar surface area (TPSA) is 70.5 Å². The molecule has 0 atom stereocenters. The van der Waals surface area contributed by atoms with Crippen LogP contribution in [0.5, 0.6) is 5.75 Å². The van der Waals surface area contributed by atoms with Gasteiger partial charge in [-0.3, -0.25) is 9.47 Å². The fourth-order valence-electron chi connectivity index (χ4n) is 2.45. The lowest BCUT2D eigenvalue weighted by Gasteiger charge is -2.26. The fraction of sp³-hybridized carbons (Fsp3) is 0.462. The minimum Gasteiger partial charge on any atom is -0.506 e. The molecule has 6 nitrogen and oxygen atoms in total. The average Bonchev–Trinajstić information content (AvgIpc) is 2.75. The zero-order valence-electron chi connectivity index (χ0n) is 10.6. The number of imidazole rings is 1. The number of hydrogen-bond acceptors (Lipinski definition) is 4. The Balaban J connectivity index is 1.82. The summed E-state index contributed by atoms with van der Waals surface area (Å²) in [5, 5.41) is 9.72. The maximum Gasteiger partial charge on any atom is 0.326 e. The summed E-state index contributed by atoms with van der Waals surface area (Å²) in [5.41, 5.74) is 1.08. The normalized spacial score (nSPS) is 17.1. The highest BCUT2D eigenvalue weighted by molar-refractivity contribution is 5.81. The maximum absolute atomic E-state index is 11.9. The predicted octanol–water partition coefficient (Wildman–Crippen LogP) is 0.367. The smallest absolute Gasteiger partial charge is 0.326 e. The highest BCUT2D eigenvalue weighted by Crippen LogP contribution is 2.20. The average molecular weight is 263 g/mol. The van der Waals surface area contributed by atoms with Crippen molar-refractivity contribution in [1.82, 2.24) is 14.5 Å². The van der Waals surface area contributed by atoms with Crippen LogP contribution in [0.15, 0.2) is 23.0 Å². The van der Waals surface area contributed by atoms with Crippen LogP contribution < -0.4 is 5.69 Å². The number of para-hydroxylation sites is 1. The molecule has 1 aliphatic heterocycles. The van der Waals surface area contributed by atoms with Crippen molar-refractivity contribution in [2.75, 3.05) is 32.8 Å². The molecule has 1 aromatic heterocycles. The number of benzene rings is 1. The number of aromatic amines is 1. The quantitative estimate of drug-likeness (QED) is 0.839. The number of phenolic OH excluding ortho intramolecular Hbond substituents is 1. The molecule has 2 heterocycles. The third-order valence-electron chi connectivity index (χ3n) is 3.53. The Morgan fingerprint density at radius 1 is 1.26 bits per heavy atom. The van der Waals surface area contributed by atoms with Crippen LogP contribution in [0.3, 0.4) is 0 Å². The molecule has 102 valence electrons. The van der Waals surface area contributed by atoms with E-state index in [-0.39, 0.29) is 11.4 Å². The molecule has 1 aliphatic rings. The van der Waals surface area contributed by atoms with E-state index in [0.717, 1.165) is 38.4 Å². The summed E-state index contributed by atoms with van der Waals surface area (Å²) in [4.78, 5) is 16.9. The number of rotatable bonds is 3. The summed E-state index contributed by atoms with van der Waals surface area (Å²) in [5.74, 6) is 0.111. The van der Waals surface area contributed by atoms with E-state index in [1.165, 1.54) is 0 Å². The Kier molecular flexibility index (Phi) is 3.27. The van der Waals surface area contributed by atoms with E-state index in [4.69, 9.17) is 4.74 Å². The van der Waals surface area contributed by atoms with Crippen molar-refractivity contribution < 1.29 is 9.84 Å². The maximum atomic E-state index is 11.9. The van der Waals surface area contributed by atoms with E-state index in [1.807, 2.05) is 6.07 Å².